The smallest absolute Gasteiger partial charge is 0.126 e. The van der Waals surface area contributed by atoms with E-state index < -0.39 is 18.3 Å². The van der Waals surface area contributed by atoms with Crippen LogP contribution < -0.4 is 10.1 Å². The van der Waals surface area contributed by atoms with Crippen LogP contribution in [0, 0.1) is 0 Å². The lowest BCUT2D eigenvalue weighted by Crippen LogP contribution is -2.33. The monoisotopic (exact) mass is 344 g/mol. The van der Waals surface area contributed by atoms with Gasteiger partial charge < -0.3 is 25.0 Å². The SMILES string of the molecule is OC1COC(COc2ccc3ccc(NC4CCCC4)nc3c2)C1O. The largest absolute Gasteiger partial charge is 0.491 e. The fourth-order valence-electron chi connectivity index (χ4n) is 3.54. The minimum absolute atomic E-state index is 0.144. The van der Waals surface area contributed by atoms with Gasteiger partial charge in [0.15, 0.2) is 0 Å². The summed E-state index contributed by atoms with van der Waals surface area (Å²) in [7, 11) is 0. The Morgan fingerprint density at radius 3 is 2.72 bits per heavy atom. The molecule has 3 atom stereocenters. The van der Waals surface area contributed by atoms with Gasteiger partial charge in [0.1, 0.15) is 36.5 Å². The van der Waals surface area contributed by atoms with Crippen molar-refractivity contribution in [2.24, 2.45) is 0 Å². The molecule has 3 unspecified atom stereocenters. The standard InChI is InChI=1S/C19H24N2O4/c22-16-10-25-17(19(16)23)11-24-14-7-5-12-6-8-18(21-15(12)9-14)20-13-3-1-2-4-13/h5-9,13,16-17,19,22-23H,1-4,10-11H2,(H,20,21). The van der Waals surface area contributed by atoms with E-state index in [-0.39, 0.29) is 13.2 Å². The van der Waals surface area contributed by atoms with Gasteiger partial charge in [-0.05, 0) is 37.1 Å². The zero-order chi connectivity index (χ0) is 17.2. The molecular formula is C19H24N2O4. The molecule has 0 amide bonds. The van der Waals surface area contributed by atoms with Crippen LogP contribution in [0.2, 0.25) is 0 Å². The summed E-state index contributed by atoms with van der Waals surface area (Å²) in [6.07, 6.45) is 2.74. The van der Waals surface area contributed by atoms with Gasteiger partial charge in [0.2, 0.25) is 0 Å². The maximum absolute atomic E-state index is 9.80. The zero-order valence-corrected chi connectivity index (χ0v) is 14.1. The number of rotatable bonds is 5. The van der Waals surface area contributed by atoms with E-state index >= 15 is 0 Å². The van der Waals surface area contributed by atoms with Crippen molar-refractivity contribution in [1.82, 2.24) is 4.98 Å². The van der Waals surface area contributed by atoms with E-state index in [1.807, 2.05) is 24.3 Å². The van der Waals surface area contributed by atoms with Crippen LogP contribution >= 0.6 is 0 Å². The fourth-order valence-corrected chi connectivity index (χ4v) is 3.54. The van der Waals surface area contributed by atoms with Gasteiger partial charge >= 0.3 is 0 Å². The van der Waals surface area contributed by atoms with Crippen molar-refractivity contribution in [2.45, 2.75) is 50.0 Å². The van der Waals surface area contributed by atoms with E-state index in [9.17, 15) is 10.2 Å². The Kier molecular flexibility index (Phi) is 4.74. The fraction of sp³-hybridized carbons (Fsp3) is 0.526. The predicted octanol–water partition coefficient (Wildman–Crippen LogP) is 2.09. The highest BCUT2D eigenvalue weighted by Crippen LogP contribution is 2.25. The van der Waals surface area contributed by atoms with Crippen molar-refractivity contribution in [3.8, 4) is 5.75 Å². The lowest BCUT2D eigenvalue weighted by Gasteiger charge is -2.16. The third-order valence-corrected chi connectivity index (χ3v) is 5.04. The lowest BCUT2D eigenvalue weighted by atomic mass is 10.1. The maximum atomic E-state index is 9.80. The Hall–Kier alpha value is -1.89. The number of aromatic nitrogens is 1. The van der Waals surface area contributed by atoms with E-state index in [0.29, 0.717) is 11.8 Å². The molecule has 0 spiro atoms. The number of aliphatic hydroxyl groups excluding tert-OH is 2. The van der Waals surface area contributed by atoms with Crippen LogP contribution in [0.5, 0.6) is 5.75 Å². The highest BCUT2D eigenvalue weighted by Gasteiger charge is 2.34. The minimum atomic E-state index is -0.902. The van der Waals surface area contributed by atoms with E-state index in [1.54, 1.807) is 0 Å². The predicted molar refractivity (Wildman–Crippen MR) is 94.9 cm³/mol. The van der Waals surface area contributed by atoms with Crippen molar-refractivity contribution >= 4 is 16.7 Å². The molecule has 4 rings (SSSR count). The van der Waals surface area contributed by atoms with Crippen molar-refractivity contribution in [3.05, 3.63) is 30.3 Å². The topological polar surface area (TPSA) is 83.8 Å². The Bertz CT molecular complexity index is 732. The number of nitrogens with one attached hydrogen (secondary N) is 1. The Balaban J connectivity index is 1.44. The van der Waals surface area contributed by atoms with Crippen LogP contribution in [0.15, 0.2) is 30.3 Å². The van der Waals surface area contributed by atoms with Crippen molar-refractivity contribution in [1.29, 1.82) is 0 Å². The molecule has 2 heterocycles. The summed E-state index contributed by atoms with van der Waals surface area (Å²) in [5, 5.41) is 23.9. The van der Waals surface area contributed by atoms with Crippen LogP contribution in [0.25, 0.3) is 10.9 Å². The van der Waals surface area contributed by atoms with Gasteiger partial charge in [-0.1, -0.05) is 12.8 Å². The second-order valence-electron chi connectivity index (χ2n) is 6.92. The molecule has 1 saturated heterocycles. The first-order valence-corrected chi connectivity index (χ1v) is 8.97. The molecule has 6 heteroatoms. The van der Waals surface area contributed by atoms with Gasteiger partial charge in [-0.25, -0.2) is 4.98 Å². The van der Waals surface area contributed by atoms with Crippen LogP contribution in [0.1, 0.15) is 25.7 Å². The number of nitrogens with zero attached hydrogens (tertiary/aromatic N) is 1. The normalized spacial score (nSPS) is 27.0. The number of ether oxygens (including phenoxy) is 2. The number of hydrogen-bond donors (Lipinski definition) is 3. The van der Waals surface area contributed by atoms with Crippen LogP contribution in [-0.4, -0.2) is 52.8 Å². The number of anilines is 1. The molecule has 2 aliphatic rings. The lowest BCUT2D eigenvalue weighted by molar-refractivity contribution is -0.0000674. The van der Waals surface area contributed by atoms with Crippen molar-refractivity contribution in [3.63, 3.8) is 0 Å². The summed E-state index contributed by atoms with van der Waals surface area (Å²) in [6, 6.07) is 10.3. The average Bonchev–Trinajstić information content (AvgIpc) is 3.24. The molecule has 1 aliphatic heterocycles. The van der Waals surface area contributed by atoms with Gasteiger partial charge in [-0.3, -0.25) is 0 Å². The number of fused-ring (bicyclic) bond motifs is 1. The molecule has 134 valence electrons. The molecule has 2 aromatic rings. The summed E-state index contributed by atoms with van der Waals surface area (Å²) in [6.45, 7) is 0.342. The molecule has 0 radical (unpaired) electrons. The third-order valence-electron chi connectivity index (χ3n) is 5.04. The molecule has 3 N–H and O–H groups in total. The molecule has 1 aromatic carbocycles. The molecule has 6 nitrogen and oxygen atoms in total. The molecule has 0 bridgehead atoms. The summed E-state index contributed by atoms with van der Waals surface area (Å²) in [5.74, 6) is 1.57. The first-order chi connectivity index (χ1) is 12.2. The molecular weight excluding hydrogens is 320 g/mol. The second-order valence-corrected chi connectivity index (χ2v) is 6.92. The van der Waals surface area contributed by atoms with E-state index in [4.69, 9.17) is 14.5 Å². The molecule has 1 aliphatic carbocycles. The van der Waals surface area contributed by atoms with Gasteiger partial charge in [0.25, 0.3) is 0 Å². The summed E-state index contributed by atoms with van der Waals surface area (Å²) < 4.78 is 11.1. The Morgan fingerprint density at radius 2 is 1.96 bits per heavy atom. The van der Waals surface area contributed by atoms with Gasteiger partial charge in [0.05, 0.1) is 12.1 Å². The first-order valence-electron chi connectivity index (χ1n) is 8.97. The Morgan fingerprint density at radius 1 is 1.16 bits per heavy atom. The molecule has 2 fully saturated rings. The summed E-state index contributed by atoms with van der Waals surface area (Å²) >= 11 is 0. The third kappa shape index (κ3) is 3.71. The highest BCUT2D eigenvalue weighted by atomic mass is 16.6. The second kappa shape index (κ2) is 7.15. The maximum Gasteiger partial charge on any atom is 0.126 e. The molecule has 1 saturated carbocycles. The zero-order valence-electron chi connectivity index (χ0n) is 14.1. The number of aliphatic hydroxyl groups is 2. The number of benzene rings is 1. The summed E-state index contributed by atoms with van der Waals surface area (Å²) in [4.78, 5) is 4.69. The van der Waals surface area contributed by atoms with Gasteiger partial charge in [-0.2, -0.15) is 0 Å². The van der Waals surface area contributed by atoms with E-state index in [0.717, 1.165) is 16.7 Å². The van der Waals surface area contributed by atoms with Gasteiger partial charge in [0, 0.05) is 17.5 Å². The highest BCUT2D eigenvalue weighted by molar-refractivity contribution is 5.81. The summed E-state index contributed by atoms with van der Waals surface area (Å²) in [5.41, 5.74) is 0.869. The Labute approximate surface area is 146 Å². The molecule has 1 aromatic heterocycles. The van der Waals surface area contributed by atoms with Crippen LogP contribution in [-0.2, 0) is 4.74 Å². The number of hydrogen-bond acceptors (Lipinski definition) is 6. The van der Waals surface area contributed by atoms with E-state index in [2.05, 4.69) is 11.4 Å². The first kappa shape index (κ1) is 16.6. The van der Waals surface area contributed by atoms with Crippen LogP contribution in [0.4, 0.5) is 5.82 Å². The van der Waals surface area contributed by atoms with E-state index in [1.165, 1.54) is 25.7 Å². The quantitative estimate of drug-likeness (QED) is 0.770. The van der Waals surface area contributed by atoms with Crippen molar-refractivity contribution in [2.75, 3.05) is 18.5 Å². The van der Waals surface area contributed by atoms with Crippen LogP contribution in [0.3, 0.4) is 0 Å². The minimum Gasteiger partial charge on any atom is -0.491 e. The number of pyridine rings is 1. The molecule has 25 heavy (non-hydrogen) atoms. The average molecular weight is 344 g/mol. The van der Waals surface area contributed by atoms with Crippen molar-refractivity contribution < 1.29 is 19.7 Å². The van der Waals surface area contributed by atoms with Gasteiger partial charge in [-0.15, -0.1) is 0 Å².